The van der Waals surface area contributed by atoms with E-state index in [0.717, 1.165) is 48.8 Å². The molecule has 1 aliphatic carbocycles. The zero-order chi connectivity index (χ0) is 41.8. The van der Waals surface area contributed by atoms with Gasteiger partial charge in [-0.25, -0.2) is 10.1 Å². The number of methoxy groups -OCH3 is 1. The third kappa shape index (κ3) is 8.99. The molecule has 3 N–H and O–H groups in total. The Morgan fingerprint density at radius 3 is 2.25 bits per heavy atom. The normalized spacial score (nSPS) is 22.7. The Morgan fingerprint density at radius 2 is 1.64 bits per heavy atom. The molecule has 0 radical (unpaired) electrons. The summed E-state index contributed by atoms with van der Waals surface area (Å²) < 4.78 is 44.6. The number of esters is 1. The number of ether oxygens (including phenoxy) is 4. The van der Waals surface area contributed by atoms with Gasteiger partial charge in [-0.3, -0.25) is 13.9 Å². The van der Waals surface area contributed by atoms with Gasteiger partial charge in [0.15, 0.2) is 17.4 Å². The number of anilines is 1. The van der Waals surface area contributed by atoms with E-state index < -0.39 is 48.4 Å². The first-order valence-corrected chi connectivity index (χ1v) is 22.4. The zero-order valence-electron chi connectivity index (χ0n) is 33.9. The van der Waals surface area contributed by atoms with Crippen LogP contribution < -0.4 is 19.9 Å². The Bertz CT molecular complexity index is 2200. The number of carbonyl (C=O) groups is 1. The molecule has 16 heteroatoms. The average molecular weight is 847 g/mol. The quantitative estimate of drug-likeness (QED) is 0.0385. The van der Waals surface area contributed by atoms with Crippen LogP contribution in [0, 0.1) is 0 Å². The van der Waals surface area contributed by atoms with Crippen molar-refractivity contribution in [2.45, 2.75) is 93.9 Å². The maximum absolute atomic E-state index is 13.6. The van der Waals surface area contributed by atoms with Crippen LogP contribution in [0.4, 0.5) is 5.95 Å². The molecular formula is C43H52ClN6O8P. The molecule has 2 fully saturated rings. The summed E-state index contributed by atoms with van der Waals surface area (Å²) in [6, 6.07) is 27.0. The molecule has 3 aromatic carbocycles. The topological polar surface area (TPSA) is 168 Å². The lowest BCUT2D eigenvalue weighted by molar-refractivity contribution is -0.152. The average Bonchev–Trinajstić information content (AvgIpc) is 3.76. The van der Waals surface area contributed by atoms with Gasteiger partial charge in [-0.15, -0.1) is 11.6 Å². The Labute approximate surface area is 349 Å². The van der Waals surface area contributed by atoms with Crippen LogP contribution in [-0.2, 0) is 28.9 Å². The van der Waals surface area contributed by atoms with Crippen molar-refractivity contribution in [3.8, 4) is 11.6 Å². The van der Waals surface area contributed by atoms with E-state index >= 15 is 0 Å². The predicted octanol–water partition coefficient (Wildman–Crippen LogP) is 7.59. The molecule has 3 heterocycles. The molecule has 1 saturated heterocycles. The second-order valence-corrected chi connectivity index (χ2v) is 18.3. The molecule has 314 valence electrons. The molecule has 5 aromatic rings. The Hall–Kier alpha value is -4.56. The first-order chi connectivity index (χ1) is 28.4. The van der Waals surface area contributed by atoms with E-state index in [4.69, 9.17) is 45.0 Å². The molecule has 0 amide bonds. The van der Waals surface area contributed by atoms with Crippen molar-refractivity contribution in [2.75, 3.05) is 32.3 Å². The monoisotopic (exact) mass is 846 g/mol. The molecule has 1 saturated carbocycles. The summed E-state index contributed by atoms with van der Waals surface area (Å²) in [4.78, 5) is 25.9. The highest BCUT2D eigenvalue weighted by Crippen LogP contribution is 2.47. The lowest BCUT2D eigenvalue weighted by atomic mass is 9.77. The van der Waals surface area contributed by atoms with Crippen LogP contribution in [0.1, 0.15) is 75.8 Å². The first-order valence-electron chi connectivity index (χ1n) is 20.0. The standard InChI is InChI=1S/C43H52ClN6O8P/c1-6-55-38-35-37(46-41(47-38)48-43(29-16-10-7-11-17-29,30-18-12-8-13-19-30)31-22-24-32(54-4)25-23-31)50(27-45-35)40-42(3,44)36(51)34(58-40)26-56-59(5,53)49-28(2)39(52)57-33-20-14-9-15-21-33/h7-8,10-13,16-19,22-25,27-28,33-34,36,40,51H,6,9,14-15,20-21,26H2,1-5H3,(H,49,53)(H,46,47,48)/t28-,34+,36+,40+,42+,59?/m0/s1. The van der Waals surface area contributed by atoms with Gasteiger partial charge in [-0.05, 0) is 75.3 Å². The van der Waals surface area contributed by atoms with E-state index in [1.807, 2.05) is 91.9 Å². The van der Waals surface area contributed by atoms with E-state index in [2.05, 4.69) is 15.4 Å². The minimum atomic E-state index is -3.57. The molecule has 59 heavy (non-hydrogen) atoms. The summed E-state index contributed by atoms with van der Waals surface area (Å²) in [6.45, 7) is 6.47. The van der Waals surface area contributed by atoms with Gasteiger partial charge >= 0.3 is 5.97 Å². The van der Waals surface area contributed by atoms with Crippen molar-refractivity contribution in [2.24, 2.45) is 0 Å². The Kier molecular flexibility index (Phi) is 13.0. The van der Waals surface area contributed by atoms with E-state index in [0.29, 0.717) is 23.5 Å². The molecule has 14 nitrogen and oxygen atoms in total. The van der Waals surface area contributed by atoms with Crippen molar-refractivity contribution < 1.29 is 37.9 Å². The summed E-state index contributed by atoms with van der Waals surface area (Å²) in [5.74, 6) is 0.663. The number of benzene rings is 3. The minimum Gasteiger partial charge on any atom is -0.497 e. The molecule has 1 unspecified atom stereocenters. The lowest BCUT2D eigenvalue weighted by Crippen LogP contribution is -2.40. The molecule has 0 spiro atoms. The number of rotatable bonds is 16. The Balaban J connectivity index is 1.19. The van der Waals surface area contributed by atoms with Gasteiger partial charge in [0.05, 0.1) is 26.7 Å². The van der Waals surface area contributed by atoms with Gasteiger partial charge in [0, 0.05) is 6.66 Å². The first kappa shape index (κ1) is 42.6. The molecular weight excluding hydrogens is 795 g/mol. The van der Waals surface area contributed by atoms with E-state index in [-0.39, 0.29) is 24.5 Å². The predicted molar refractivity (Wildman–Crippen MR) is 225 cm³/mol. The highest BCUT2D eigenvalue weighted by molar-refractivity contribution is 7.56. The van der Waals surface area contributed by atoms with Crippen molar-refractivity contribution in [3.63, 3.8) is 0 Å². The van der Waals surface area contributed by atoms with Crippen LogP contribution in [0.5, 0.6) is 11.6 Å². The van der Waals surface area contributed by atoms with Crippen LogP contribution in [0.2, 0.25) is 0 Å². The summed E-state index contributed by atoms with van der Waals surface area (Å²) >= 11 is 7.13. The summed E-state index contributed by atoms with van der Waals surface area (Å²) in [7, 11) is -1.95. The number of alkyl halides is 1. The van der Waals surface area contributed by atoms with Crippen molar-refractivity contribution in [3.05, 3.63) is 108 Å². The summed E-state index contributed by atoms with van der Waals surface area (Å²) in [6.07, 6.45) is 2.89. The molecule has 6 atom stereocenters. The van der Waals surface area contributed by atoms with Gasteiger partial charge in [-0.1, -0.05) is 79.2 Å². The number of hydrogen-bond donors (Lipinski definition) is 3. The van der Waals surface area contributed by atoms with Crippen LogP contribution in [0.25, 0.3) is 11.2 Å². The number of aromatic nitrogens is 4. The van der Waals surface area contributed by atoms with E-state index in [1.165, 1.54) is 13.0 Å². The molecule has 2 aliphatic rings. The highest BCUT2D eigenvalue weighted by Gasteiger charge is 2.54. The van der Waals surface area contributed by atoms with Gasteiger partial charge in [0.1, 0.15) is 40.5 Å². The van der Waals surface area contributed by atoms with Crippen LogP contribution in [0.3, 0.4) is 0 Å². The fourth-order valence-corrected chi connectivity index (χ4v) is 9.53. The second kappa shape index (κ2) is 18.0. The number of imidazole rings is 1. The van der Waals surface area contributed by atoms with Gasteiger partial charge in [0.2, 0.25) is 11.8 Å². The summed E-state index contributed by atoms with van der Waals surface area (Å²) in [5, 5.41) is 18.0. The number of fused-ring (bicyclic) bond motifs is 1. The minimum absolute atomic E-state index is 0.136. The van der Waals surface area contributed by atoms with Crippen LogP contribution in [-0.4, -0.2) is 86.8 Å². The van der Waals surface area contributed by atoms with Gasteiger partial charge in [0.25, 0.3) is 7.52 Å². The van der Waals surface area contributed by atoms with Crippen molar-refractivity contribution in [1.82, 2.24) is 24.6 Å². The smallest absolute Gasteiger partial charge is 0.323 e. The fourth-order valence-electron chi connectivity index (χ4n) is 7.91. The maximum atomic E-state index is 13.6. The fraction of sp³-hybridized carbons (Fsp3) is 0.442. The molecule has 2 aromatic heterocycles. The number of hydrogen-bond acceptors (Lipinski definition) is 12. The van der Waals surface area contributed by atoms with Gasteiger partial charge in [-0.2, -0.15) is 9.97 Å². The number of nitrogens with zero attached hydrogens (tertiary/aromatic N) is 4. The zero-order valence-corrected chi connectivity index (χ0v) is 35.6. The number of aliphatic hydroxyl groups excluding tert-OH is 1. The van der Waals surface area contributed by atoms with E-state index in [1.54, 1.807) is 25.5 Å². The lowest BCUT2D eigenvalue weighted by Gasteiger charge is -2.37. The Morgan fingerprint density at radius 1 is 1.02 bits per heavy atom. The van der Waals surface area contributed by atoms with Crippen LogP contribution >= 0.6 is 19.1 Å². The van der Waals surface area contributed by atoms with Crippen molar-refractivity contribution in [1.29, 1.82) is 0 Å². The molecule has 1 aliphatic heterocycles. The number of nitrogens with one attached hydrogen (secondary N) is 2. The highest BCUT2D eigenvalue weighted by atomic mass is 35.5. The SMILES string of the molecule is CCOc1nc(NC(c2ccccc2)(c2ccccc2)c2ccc(OC)cc2)nc2c1ncn2[C@@H]1O[C@H](COP(C)(=O)N[C@@H](C)C(=O)OC2CCCCC2)[C@@H](O)[C@@]1(C)Cl. The largest absolute Gasteiger partial charge is 0.497 e. The number of aliphatic hydroxyl groups is 1. The molecule has 0 bridgehead atoms. The second-order valence-electron chi connectivity index (χ2n) is 15.3. The van der Waals surface area contributed by atoms with Crippen LogP contribution in [0.15, 0.2) is 91.3 Å². The third-order valence-corrected chi connectivity index (χ3v) is 12.9. The van der Waals surface area contributed by atoms with Gasteiger partial charge < -0.3 is 33.9 Å². The molecule has 7 rings (SSSR count). The summed E-state index contributed by atoms with van der Waals surface area (Å²) in [5.41, 5.74) is 2.41. The van der Waals surface area contributed by atoms with E-state index in [9.17, 15) is 14.5 Å². The number of halogens is 1. The third-order valence-electron chi connectivity index (χ3n) is 11.0. The maximum Gasteiger partial charge on any atom is 0.323 e. The number of carbonyl (C=O) groups excluding carboxylic acids is 1. The van der Waals surface area contributed by atoms with Crippen molar-refractivity contribution >= 4 is 42.2 Å².